The lowest BCUT2D eigenvalue weighted by molar-refractivity contribution is 0.178. The van der Waals surface area contributed by atoms with Crippen molar-refractivity contribution >= 4 is 32.2 Å². The van der Waals surface area contributed by atoms with E-state index in [-0.39, 0.29) is 5.92 Å². The fourth-order valence-corrected chi connectivity index (χ4v) is 4.96. The Kier molecular flexibility index (Phi) is 4.95. The number of rotatable bonds is 4. The Morgan fingerprint density at radius 3 is 2.83 bits per heavy atom. The predicted molar refractivity (Wildman–Crippen MR) is 96.7 cm³/mol. The minimum Gasteiger partial charge on any atom is -0.299 e. The van der Waals surface area contributed by atoms with Gasteiger partial charge in [0.2, 0.25) is 0 Å². The molecule has 0 spiro atoms. The molecule has 1 saturated heterocycles. The summed E-state index contributed by atoms with van der Waals surface area (Å²) in [5.41, 5.74) is 1.22. The van der Waals surface area contributed by atoms with E-state index in [1.54, 1.807) is 0 Å². The summed E-state index contributed by atoms with van der Waals surface area (Å²) in [7, 11) is -2.91. The van der Waals surface area contributed by atoms with Crippen LogP contribution in [0, 0.1) is 5.92 Å². The van der Waals surface area contributed by atoms with Crippen LogP contribution in [0.4, 0.5) is 0 Å². The Labute approximate surface area is 143 Å². The first-order chi connectivity index (χ1) is 10.9. The maximum Gasteiger partial charge on any atom is 0.147 e. The molecule has 1 aliphatic heterocycles. The SMILES string of the molecule is CS(=O)(=O)CC1CCCN(Cc2cc(Cl)cc3ccccc23)C1. The zero-order valence-corrected chi connectivity index (χ0v) is 14.9. The molecule has 0 amide bonds. The number of nitrogens with zero attached hydrogens (tertiary/aromatic N) is 1. The van der Waals surface area contributed by atoms with Gasteiger partial charge in [-0.1, -0.05) is 35.9 Å². The topological polar surface area (TPSA) is 37.4 Å². The van der Waals surface area contributed by atoms with Crippen molar-refractivity contribution in [3.8, 4) is 0 Å². The summed E-state index contributed by atoms with van der Waals surface area (Å²) in [6.07, 6.45) is 3.38. The third-order valence-corrected chi connectivity index (χ3v) is 5.74. The summed E-state index contributed by atoms with van der Waals surface area (Å²) in [6.45, 7) is 2.68. The molecule has 23 heavy (non-hydrogen) atoms. The van der Waals surface area contributed by atoms with E-state index in [4.69, 9.17) is 11.6 Å². The number of likely N-dealkylation sites (tertiary alicyclic amines) is 1. The molecule has 0 saturated carbocycles. The van der Waals surface area contributed by atoms with Gasteiger partial charge in [-0.25, -0.2) is 8.42 Å². The smallest absolute Gasteiger partial charge is 0.147 e. The standard InChI is InChI=1S/C18H22ClNO2S/c1-23(21,22)13-14-5-4-8-20(11-14)12-16-10-17(19)9-15-6-2-3-7-18(15)16/h2-3,6-7,9-10,14H,4-5,8,11-13H2,1H3. The van der Waals surface area contributed by atoms with Gasteiger partial charge in [0.1, 0.15) is 9.84 Å². The van der Waals surface area contributed by atoms with Gasteiger partial charge >= 0.3 is 0 Å². The van der Waals surface area contributed by atoms with Crippen LogP contribution in [0.15, 0.2) is 36.4 Å². The summed E-state index contributed by atoms with van der Waals surface area (Å²) in [4.78, 5) is 2.36. The third-order valence-electron chi connectivity index (χ3n) is 4.45. The van der Waals surface area contributed by atoms with Crippen LogP contribution in [0.1, 0.15) is 18.4 Å². The molecule has 124 valence electrons. The molecule has 0 aromatic heterocycles. The van der Waals surface area contributed by atoms with Crippen LogP contribution in [-0.4, -0.2) is 38.4 Å². The van der Waals surface area contributed by atoms with E-state index >= 15 is 0 Å². The minimum atomic E-state index is -2.91. The lowest BCUT2D eigenvalue weighted by atomic mass is 9.98. The van der Waals surface area contributed by atoms with Gasteiger partial charge in [0.25, 0.3) is 0 Å². The van der Waals surface area contributed by atoms with Crippen LogP contribution in [-0.2, 0) is 16.4 Å². The largest absolute Gasteiger partial charge is 0.299 e. The van der Waals surface area contributed by atoms with Crippen molar-refractivity contribution in [1.82, 2.24) is 4.90 Å². The van der Waals surface area contributed by atoms with Gasteiger partial charge in [-0.3, -0.25) is 4.90 Å². The Hall–Kier alpha value is -1.10. The highest BCUT2D eigenvalue weighted by atomic mass is 35.5. The molecule has 1 atom stereocenters. The number of fused-ring (bicyclic) bond motifs is 1. The van der Waals surface area contributed by atoms with Crippen molar-refractivity contribution in [2.24, 2.45) is 5.92 Å². The highest BCUT2D eigenvalue weighted by Crippen LogP contribution is 2.27. The van der Waals surface area contributed by atoms with E-state index in [0.717, 1.165) is 42.9 Å². The zero-order valence-electron chi connectivity index (χ0n) is 13.3. The van der Waals surface area contributed by atoms with Crippen molar-refractivity contribution in [3.63, 3.8) is 0 Å². The summed E-state index contributed by atoms with van der Waals surface area (Å²) in [5.74, 6) is 0.531. The van der Waals surface area contributed by atoms with Crippen LogP contribution in [0.5, 0.6) is 0 Å². The first-order valence-electron chi connectivity index (χ1n) is 7.98. The molecule has 0 radical (unpaired) electrons. The highest BCUT2D eigenvalue weighted by Gasteiger charge is 2.23. The van der Waals surface area contributed by atoms with Crippen molar-refractivity contribution in [1.29, 1.82) is 0 Å². The molecule has 2 aromatic carbocycles. The summed E-state index contributed by atoms with van der Waals surface area (Å²) in [6, 6.07) is 12.3. The van der Waals surface area contributed by atoms with Crippen molar-refractivity contribution in [2.45, 2.75) is 19.4 Å². The van der Waals surface area contributed by atoms with Gasteiger partial charge in [0, 0.05) is 24.4 Å². The molecule has 2 aromatic rings. The molecule has 0 N–H and O–H groups in total. The molecular weight excluding hydrogens is 330 g/mol. The van der Waals surface area contributed by atoms with E-state index in [1.807, 2.05) is 24.3 Å². The monoisotopic (exact) mass is 351 g/mol. The van der Waals surface area contributed by atoms with Gasteiger partial charge in [0.05, 0.1) is 5.75 Å². The lowest BCUT2D eigenvalue weighted by Crippen LogP contribution is -2.37. The number of piperidine rings is 1. The van der Waals surface area contributed by atoms with Crippen LogP contribution in [0.2, 0.25) is 5.02 Å². The molecule has 0 aliphatic carbocycles. The molecule has 1 aliphatic rings. The van der Waals surface area contributed by atoms with Gasteiger partial charge in [-0.2, -0.15) is 0 Å². The number of halogens is 1. The maximum absolute atomic E-state index is 11.5. The Balaban J connectivity index is 1.79. The quantitative estimate of drug-likeness (QED) is 0.841. The zero-order chi connectivity index (χ0) is 16.4. The Bertz CT molecular complexity index is 804. The van der Waals surface area contributed by atoms with Gasteiger partial charge in [-0.05, 0) is 53.8 Å². The van der Waals surface area contributed by atoms with E-state index < -0.39 is 9.84 Å². The normalized spacial score (nSPS) is 20.0. The van der Waals surface area contributed by atoms with E-state index in [1.165, 1.54) is 17.2 Å². The van der Waals surface area contributed by atoms with E-state index in [0.29, 0.717) is 5.75 Å². The van der Waals surface area contributed by atoms with Crippen LogP contribution < -0.4 is 0 Å². The average molecular weight is 352 g/mol. The van der Waals surface area contributed by atoms with E-state index in [2.05, 4.69) is 17.0 Å². The van der Waals surface area contributed by atoms with Crippen molar-refractivity contribution in [3.05, 3.63) is 47.0 Å². The fraction of sp³-hybridized carbons (Fsp3) is 0.444. The molecule has 0 bridgehead atoms. The van der Waals surface area contributed by atoms with Crippen LogP contribution in [0.3, 0.4) is 0 Å². The maximum atomic E-state index is 11.5. The molecule has 1 fully saturated rings. The highest BCUT2D eigenvalue weighted by molar-refractivity contribution is 7.90. The second-order valence-electron chi connectivity index (χ2n) is 6.62. The molecule has 1 unspecified atom stereocenters. The number of hydrogen-bond acceptors (Lipinski definition) is 3. The first kappa shape index (κ1) is 16.7. The first-order valence-corrected chi connectivity index (χ1v) is 10.4. The summed E-state index contributed by atoms with van der Waals surface area (Å²) >= 11 is 6.26. The molecule has 3 nitrogen and oxygen atoms in total. The summed E-state index contributed by atoms with van der Waals surface area (Å²) in [5, 5.41) is 3.13. The van der Waals surface area contributed by atoms with Crippen molar-refractivity contribution < 1.29 is 8.42 Å². The average Bonchev–Trinajstić information content (AvgIpc) is 2.45. The number of hydrogen-bond donors (Lipinski definition) is 0. The molecule has 1 heterocycles. The third kappa shape index (κ3) is 4.46. The van der Waals surface area contributed by atoms with Crippen LogP contribution >= 0.6 is 11.6 Å². The lowest BCUT2D eigenvalue weighted by Gasteiger charge is -2.32. The number of benzene rings is 2. The Morgan fingerprint density at radius 1 is 1.26 bits per heavy atom. The number of sulfone groups is 1. The predicted octanol–water partition coefficient (Wildman–Crippen LogP) is 3.75. The molecule has 3 rings (SSSR count). The summed E-state index contributed by atoms with van der Waals surface area (Å²) < 4.78 is 23.1. The van der Waals surface area contributed by atoms with Gasteiger partial charge in [-0.15, -0.1) is 0 Å². The Morgan fingerprint density at radius 2 is 2.04 bits per heavy atom. The minimum absolute atomic E-state index is 0.240. The molecular formula is C18H22ClNO2S. The van der Waals surface area contributed by atoms with Crippen LogP contribution in [0.25, 0.3) is 10.8 Å². The molecule has 5 heteroatoms. The van der Waals surface area contributed by atoms with Gasteiger partial charge < -0.3 is 0 Å². The van der Waals surface area contributed by atoms with Gasteiger partial charge in [0.15, 0.2) is 0 Å². The second-order valence-corrected chi connectivity index (χ2v) is 9.24. The van der Waals surface area contributed by atoms with Crippen molar-refractivity contribution in [2.75, 3.05) is 25.1 Å². The second kappa shape index (κ2) is 6.80. The fourth-order valence-electron chi connectivity index (χ4n) is 3.58. The van der Waals surface area contributed by atoms with E-state index in [9.17, 15) is 8.42 Å².